The molecule has 0 bridgehead atoms. The molecule has 1 aliphatic heterocycles. The third-order valence-electron chi connectivity index (χ3n) is 4.86. The molecule has 5 nitrogen and oxygen atoms in total. The number of aromatic nitrogens is 1. The van der Waals surface area contributed by atoms with E-state index in [-0.39, 0.29) is 5.91 Å². The summed E-state index contributed by atoms with van der Waals surface area (Å²) in [5.74, 6) is 0.129. The number of fused-ring (bicyclic) bond motifs is 1. The molecule has 1 aliphatic rings. The number of carbonyl (C=O) groups is 1. The van der Waals surface area contributed by atoms with Gasteiger partial charge < -0.3 is 9.42 Å². The summed E-state index contributed by atoms with van der Waals surface area (Å²) in [6.45, 7) is 5.91. The minimum Gasteiger partial charge on any atom is -0.356 e. The monoisotopic (exact) mass is 335 g/mol. The Balaban J connectivity index is 1.40. The van der Waals surface area contributed by atoms with E-state index in [0.717, 1.165) is 60.5 Å². The highest BCUT2D eigenvalue weighted by Crippen LogP contribution is 2.20. The molecule has 4 rings (SSSR count). The van der Waals surface area contributed by atoms with Crippen molar-refractivity contribution in [3.8, 4) is 0 Å². The van der Waals surface area contributed by atoms with Gasteiger partial charge in [-0.15, -0.1) is 0 Å². The van der Waals surface area contributed by atoms with Gasteiger partial charge >= 0.3 is 0 Å². The maximum Gasteiger partial charge on any atom is 0.254 e. The molecule has 1 amide bonds. The zero-order valence-electron chi connectivity index (χ0n) is 14.3. The SMILES string of the molecule is Cc1ccccc1C(=O)N1CCN(Cc2noc3ccccc23)CC1. The summed E-state index contributed by atoms with van der Waals surface area (Å²) < 4.78 is 5.38. The van der Waals surface area contributed by atoms with E-state index >= 15 is 0 Å². The number of piperazine rings is 1. The van der Waals surface area contributed by atoms with Gasteiger partial charge in [0.2, 0.25) is 0 Å². The first-order valence-electron chi connectivity index (χ1n) is 8.63. The van der Waals surface area contributed by atoms with Gasteiger partial charge in [-0.05, 0) is 30.7 Å². The van der Waals surface area contributed by atoms with Gasteiger partial charge in [0, 0.05) is 43.7 Å². The Bertz CT molecular complexity index is 895. The van der Waals surface area contributed by atoms with Gasteiger partial charge in [-0.25, -0.2) is 0 Å². The van der Waals surface area contributed by atoms with Gasteiger partial charge in [0.05, 0.1) is 0 Å². The number of nitrogens with zero attached hydrogens (tertiary/aromatic N) is 3. The molecule has 128 valence electrons. The summed E-state index contributed by atoms with van der Waals surface area (Å²) in [4.78, 5) is 17.0. The van der Waals surface area contributed by atoms with Gasteiger partial charge in [-0.1, -0.05) is 35.5 Å². The average molecular weight is 335 g/mol. The molecule has 0 radical (unpaired) electrons. The smallest absolute Gasteiger partial charge is 0.254 e. The predicted octanol–water partition coefficient (Wildman–Crippen LogP) is 3.09. The van der Waals surface area contributed by atoms with Crippen molar-refractivity contribution >= 4 is 16.9 Å². The van der Waals surface area contributed by atoms with E-state index < -0.39 is 0 Å². The quantitative estimate of drug-likeness (QED) is 0.738. The molecule has 0 unspecified atom stereocenters. The molecule has 3 aromatic rings. The highest BCUT2D eigenvalue weighted by atomic mass is 16.5. The third kappa shape index (κ3) is 3.15. The van der Waals surface area contributed by atoms with Crippen LogP contribution >= 0.6 is 0 Å². The second-order valence-corrected chi connectivity index (χ2v) is 6.51. The van der Waals surface area contributed by atoms with Crippen LogP contribution < -0.4 is 0 Å². The molecule has 0 N–H and O–H groups in total. The first-order chi connectivity index (χ1) is 12.2. The first-order valence-corrected chi connectivity index (χ1v) is 8.63. The Morgan fingerprint density at radius 1 is 1.04 bits per heavy atom. The summed E-state index contributed by atoms with van der Waals surface area (Å²) in [5, 5.41) is 5.28. The summed E-state index contributed by atoms with van der Waals surface area (Å²) in [6, 6.07) is 15.7. The summed E-state index contributed by atoms with van der Waals surface area (Å²) in [7, 11) is 0. The van der Waals surface area contributed by atoms with Crippen LogP contribution in [0.5, 0.6) is 0 Å². The average Bonchev–Trinajstić information content (AvgIpc) is 3.05. The molecular weight excluding hydrogens is 314 g/mol. The molecule has 1 fully saturated rings. The van der Waals surface area contributed by atoms with Crippen LogP contribution in [0.2, 0.25) is 0 Å². The van der Waals surface area contributed by atoms with Crippen molar-refractivity contribution < 1.29 is 9.32 Å². The van der Waals surface area contributed by atoms with Gasteiger partial charge in [-0.2, -0.15) is 0 Å². The fourth-order valence-corrected chi connectivity index (χ4v) is 3.36. The van der Waals surface area contributed by atoms with Crippen molar-refractivity contribution in [2.45, 2.75) is 13.5 Å². The normalized spacial score (nSPS) is 15.6. The number of carbonyl (C=O) groups excluding carboxylic acids is 1. The van der Waals surface area contributed by atoms with Crippen molar-refractivity contribution in [1.82, 2.24) is 15.0 Å². The molecule has 0 saturated carbocycles. The fraction of sp³-hybridized carbons (Fsp3) is 0.300. The minimum absolute atomic E-state index is 0.129. The summed E-state index contributed by atoms with van der Waals surface area (Å²) in [5.41, 5.74) is 3.63. The number of rotatable bonds is 3. The highest BCUT2D eigenvalue weighted by molar-refractivity contribution is 5.95. The Morgan fingerprint density at radius 3 is 2.56 bits per heavy atom. The van der Waals surface area contributed by atoms with Crippen LogP contribution in [0.3, 0.4) is 0 Å². The summed E-state index contributed by atoms with van der Waals surface area (Å²) in [6.07, 6.45) is 0. The van der Waals surface area contributed by atoms with E-state index in [2.05, 4.69) is 10.1 Å². The van der Waals surface area contributed by atoms with E-state index in [9.17, 15) is 4.79 Å². The van der Waals surface area contributed by atoms with Crippen molar-refractivity contribution in [3.63, 3.8) is 0 Å². The zero-order chi connectivity index (χ0) is 17.2. The Labute approximate surface area is 146 Å². The summed E-state index contributed by atoms with van der Waals surface area (Å²) >= 11 is 0. The van der Waals surface area contributed by atoms with Crippen LogP contribution in [0.4, 0.5) is 0 Å². The molecule has 0 spiro atoms. The number of aryl methyl sites for hydroxylation is 1. The topological polar surface area (TPSA) is 49.6 Å². The van der Waals surface area contributed by atoms with E-state index in [1.807, 2.05) is 60.4 Å². The van der Waals surface area contributed by atoms with Crippen molar-refractivity contribution in [2.75, 3.05) is 26.2 Å². The second-order valence-electron chi connectivity index (χ2n) is 6.51. The molecule has 2 heterocycles. The van der Waals surface area contributed by atoms with E-state index in [1.165, 1.54) is 0 Å². The first kappa shape index (κ1) is 15.8. The maximum absolute atomic E-state index is 12.7. The molecule has 1 saturated heterocycles. The van der Waals surface area contributed by atoms with Crippen LogP contribution in [0.1, 0.15) is 21.6 Å². The van der Waals surface area contributed by atoms with Crippen molar-refractivity contribution in [3.05, 3.63) is 65.4 Å². The molecule has 0 atom stereocenters. The Morgan fingerprint density at radius 2 is 1.76 bits per heavy atom. The van der Waals surface area contributed by atoms with Crippen LogP contribution in [-0.2, 0) is 6.54 Å². The lowest BCUT2D eigenvalue weighted by Crippen LogP contribution is -2.48. The Kier molecular flexibility index (Phi) is 4.24. The number of hydrogen-bond donors (Lipinski definition) is 0. The standard InChI is InChI=1S/C20H21N3O2/c1-15-6-2-3-7-16(15)20(24)23-12-10-22(11-13-23)14-18-17-8-4-5-9-19(17)25-21-18/h2-9H,10-14H2,1H3. The molecule has 0 aliphatic carbocycles. The molecule has 2 aromatic carbocycles. The van der Waals surface area contributed by atoms with E-state index in [1.54, 1.807) is 0 Å². The van der Waals surface area contributed by atoms with Crippen molar-refractivity contribution in [1.29, 1.82) is 0 Å². The predicted molar refractivity (Wildman–Crippen MR) is 96.4 cm³/mol. The van der Waals surface area contributed by atoms with E-state index in [4.69, 9.17) is 4.52 Å². The lowest BCUT2D eigenvalue weighted by molar-refractivity contribution is 0.0625. The highest BCUT2D eigenvalue weighted by Gasteiger charge is 2.24. The lowest BCUT2D eigenvalue weighted by atomic mass is 10.1. The van der Waals surface area contributed by atoms with Gasteiger partial charge in [-0.3, -0.25) is 9.69 Å². The zero-order valence-corrected chi connectivity index (χ0v) is 14.3. The number of amides is 1. The maximum atomic E-state index is 12.7. The Hall–Kier alpha value is -2.66. The van der Waals surface area contributed by atoms with Crippen LogP contribution in [0.15, 0.2) is 53.1 Å². The van der Waals surface area contributed by atoms with Gasteiger partial charge in [0.25, 0.3) is 5.91 Å². The number of benzene rings is 2. The molecule has 5 heteroatoms. The van der Waals surface area contributed by atoms with Crippen LogP contribution in [0, 0.1) is 6.92 Å². The second kappa shape index (κ2) is 6.69. The van der Waals surface area contributed by atoms with Gasteiger partial charge in [0.15, 0.2) is 5.58 Å². The van der Waals surface area contributed by atoms with Crippen LogP contribution in [0.25, 0.3) is 11.0 Å². The molecule has 1 aromatic heterocycles. The number of para-hydroxylation sites is 1. The minimum atomic E-state index is 0.129. The lowest BCUT2D eigenvalue weighted by Gasteiger charge is -2.34. The third-order valence-corrected chi connectivity index (χ3v) is 4.86. The largest absolute Gasteiger partial charge is 0.356 e. The van der Waals surface area contributed by atoms with E-state index in [0.29, 0.717) is 0 Å². The van der Waals surface area contributed by atoms with Crippen molar-refractivity contribution in [2.24, 2.45) is 0 Å². The molecular formula is C20H21N3O2. The fourth-order valence-electron chi connectivity index (χ4n) is 3.36. The van der Waals surface area contributed by atoms with Crippen LogP contribution in [-0.4, -0.2) is 47.0 Å². The number of hydrogen-bond acceptors (Lipinski definition) is 4. The molecule has 25 heavy (non-hydrogen) atoms. The van der Waals surface area contributed by atoms with Gasteiger partial charge in [0.1, 0.15) is 5.69 Å².